The van der Waals surface area contributed by atoms with Gasteiger partial charge in [0.25, 0.3) is 5.56 Å². The van der Waals surface area contributed by atoms with Gasteiger partial charge >= 0.3 is 11.9 Å². The molecule has 1 atom stereocenters. The lowest BCUT2D eigenvalue weighted by molar-refractivity contribution is -0.143. The lowest BCUT2D eigenvalue weighted by atomic mass is 9.95. The number of carbonyl (C=O) groups excluding carboxylic acids is 2. The zero-order valence-electron chi connectivity index (χ0n) is 27.6. The molecule has 0 aliphatic carbocycles. The van der Waals surface area contributed by atoms with E-state index in [1.54, 1.807) is 81.4 Å². The summed E-state index contributed by atoms with van der Waals surface area (Å²) in [5.74, 6) is -0.297. The minimum Gasteiger partial charge on any atom is -0.493 e. The number of carbonyl (C=O) groups is 2. The van der Waals surface area contributed by atoms with Crippen LogP contribution in [-0.4, -0.2) is 50.5 Å². The molecule has 0 saturated heterocycles. The van der Waals surface area contributed by atoms with Crippen molar-refractivity contribution >= 4 is 29.4 Å². The first kappa shape index (κ1) is 34.9. The molecule has 13 heteroatoms. The normalized spacial score (nSPS) is 14.1. The van der Waals surface area contributed by atoms with E-state index in [2.05, 4.69) is 9.73 Å². The van der Waals surface area contributed by atoms with Crippen LogP contribution in [0.5, 0.6) is 23.0 Å². The Hall–Kier alpha value is -5.43. The quantitative estimate of drug-likeness (QED) is 0.187. The van der Waals surface area contributed by atoms with E-state index in [9.17, 15) is 18.8 Å². The molecule has 4 aromatic rings. The molecule has 0 N–H and O–H groups in total. The van der Waals surface area contributed by atoms with Crippen LogP contribution in [0.25, 0.3) is 6.08 Å². The van der Waals surface area contributed by atoms with E-state index in [0.717, 1.165) is 11.3 Å². The zero-order valence-corrected chi connectivity index (χ0v) is 28.4. The fraction of sp³-hybridized carbons (Fsp3) is 0.278. The number of esters is 2. The van der Waals surface area contributed by atoms with E-state index in [0.29, 0.717) is 49.0 Å². The van der Waals surface area contributed by atoms with Crippen LogP contribution in [-0.2, 0) is 25.7 Å². The van der Waals surface area contributed by atoms with Gasteiger partial charge in [0.1, 0.15) is 12.4 Å². The number of hydrogen-bond acceptors (Lipinski definition) is 11. The number of nitrogens with zero attached hydrogens (tertiary/aromatic N) is 2. The molecule has 11 nitrogen and oxygen atoms in total. The molecule has 3 aromatic carbocycles. The minimum atomic E-state index is -0.937. The van der Waals surface area contributed by atoms with E-state index in [4.69, 9.17) is 23.7 Å². The molecular formula is C36H35FN2O9S. The summed E-state index contributed by atoms with van der Waals surface area (Å²) in [6, 6.07) is 15.5. The van der Waals surface area contributed by atoms with Crippen LogP contribution < -0.4 is 33.8 Å². The van der Waals surface area contributed by atoms with Crippen molar-refractivity contribution in [2.75, 3.05) is 34.0 Å². The number of allylic oxidation sites excluding steroid dienone is 1. The second-order valence-corrected chi connectivity index (χ2v) is 11.6. The maximum Gasteiger partial charge on any atom is 0.343 e. The third-order valence-corrected chi connectivity index (χ3v) is 8.50. The van der Waals surface area contributed by atoms with Crippen molar-refractivity contribution in [1.29, 1.82) is 0 Å². The number of ether oxygens (including phenoxy) is 6. The van der Waals surface area contributed by atoms with Crippen LogP contribution in [0.2, 0.25) is 0 Å². The van der Waals surface area contributed by atoms with E-state index >= 15 is 0 Å². The molecule has 0 spiro atoms. The number of benzene rings is 3. The van der Waals surface area contributed by atoms with Crippen LogP contribution in [0.1, 0.15) is 43.5 Å². The second-order valence-electron chi connectivity index (χ2n) is 10.6. The number of para-hydroxylation sites is 1. The molecule has 0 radical (unpaired) electrons. The fourth-order valence-electron chi connectivity index (χ4n) is 5.25. The number of thiazole rings is 1. The van der Waals surface area contributed by atoms with Crippen molar-refractivity contribution in [2.24, 2.45) is 4.99 Å². The van der Waals surface area contributed by atoms with Crippen LogP contribution in [0, 0.1) is 5.82 Å². The molecular weight excluding hydrogens is 655 g/mol. The summed E-state index contributed by atoms with van der Waals surface area (Å²) in [6.07, 6.45) is 1.65. The van der Waals surface area contributed by atoms with Crippen molar-refractivity contribution in [3.63, 3.8) is 0 Å². The van der Waals surface area contributed by atoms with Crippen molar-refractivity contribution < 1.29 is 42.4 Å². The average Bonchev–Trinajstić information content (AvgIpc) is 3.40. The summed E-state index contributed by atoms with van der Waals surface area (Å²) in [5, 5.41) is 0. The number of methoxy groups -OCH3 is 2. The lowest BCUT2D eigenvalue weighted by Crippen LogP contribution is -2.40. The molecule has 0 fully saturated rings. The molecule has 1 aliphatic heterocycles. The van der Waals surface area contributed by atoms with Crippen molar-refractivity contribution in [3.8, 4) is 23.0 Å². The minimum absolute atomic E-state index is 0.0707. The lowest BCUT2D eigenvalue weighted by Gasteiger charge is -2.25. The van der Waals surface area contributed by atoms with Crippen molar-refractivity contribution in [3.05, 3.63) is 114 Å². The molecule has 1 aromatic heterocycles. The standard InChI is InChI=1S/C36H35FN2O9S/c1-6-45-28-17-22(15-16-26(28)47-20-30(40)44-5)32-31(35(42)46-7-2)21(3)38-36-39(32)34(41)29(49-36)18-23-12-10-14-27(43-4)33(23)48-19-24-11-8-9-13-25(24)37/h8-18,32H,6-7,19-20H2,1-5H3/b29-18+/t32-/m0/s1. The smallest absolute Gasteiger partial charge is 0.343 e. The molecule has 2 heterocycles. The van der Waals surface area contributed by atoms with Gasteiger partial charge in [0.05, 0.1) is 49.3 Å². The Morgan fingerprint density at radius 2 is 1.76 bits per heavy atom. The molecule has 256 valence electrons. The first-order valence-corrected chi connectivity index (χ1v) is 16.2. The number of hydrogen-bond donors (Lipinski definition) is 0. The molecule has 0 saturated carbocycles. The van der Waals surface area contributed by atoms with Gasteiger partial charge in [0.2, 0.25) is 0 Å². The zero-order chi connectivity index (χ0) is 35.1. The molecule has 0 unspecified atom stereocenters. The topological polar surface area (TPSA) is 124 Å². The highest BCUT2D eigenvalue weighted by molar-refractivity contribution is 7.07. The van der Waals surface area contributed by atoms with E-state index in [1.807, 2.05) is 0 Å². The van der Waals surface area contributed by atoms with Gasteiger partial charge in [-0.2, -0.15) is 0 Å². The Bertz CT molecular complexity index is 2090. The van der Waals surface area contributed by atoms with Crippen LogP contribution in [0.3, 0.4) is 0 Å². The molecule has 49 heavy (non-hydrogen) atoms. The van der Waals surface area contributed by atoms with Gasteiger partial charge < -0.3 is 28.4 Å². The number of aromatic nitrogens is 1. The number of rotatable bonds is 13. The average molecular weight is 691 g/mol. The van der Waals surface area contributed by atoms with Crippen molar-refractivity contribution in [2.45, 2.75) is 33.4 Å². The van der Waals surface area contributed by atoms with Crippen LogP contribution in [0.4, 0.5) is 4.39 Å². The molecule has 1 aliphatic rings. The highest BCUT2D eigenvalue weighted by Crippen LogP contribution is 2.37. The van der Waals surface area contributed by atoms with E-state index in [1.165, 1.54) is 24.9 Å². The molecule has 5 rings (SSSR count). The van der Waals surface area contributed by atoms with E-state index < -0.39 is 29.4 Å². The molecule has 0 amide bonds. The Balaban J connectivity index is 1.64. The highest BCUT2D eigenvalue weighted by atomic mass is 32.1. The summed E-state index contributed by atoms with van der Waals surface area (Å²) in [5.41, 5.74) is 1.54. The Morgan fingerprint density at radius 1 is 0.959 bits per heavy atom. The second kappa shape index (κ2) is 15.6. The maximum atomic E-state index is 14.4. The predicted molar refractivity (Wildman–Crippen MR) is 179 cm³/mol. The Morgan fingerprint density at radius 3 is 2.47 bits per heavy atom. The number of fused-ring (bicyclic) bond motifs is 1. The van der Waals surface area contributed by atoms with Gasteiger partial charge in [-0.1, -0.05) is 47.7 Å². The number of halogens is 1. The summed E-state index contributed by atoms with van der Waals surface area (Å²) in [6.45, 7) is 5.16. The first-order valence-electron chi connectivity index (χ1n) is 15.4. The fourth-order valence-corrected chi connectivity index (χ4v) is 6.29. The van der Waals surface area contributed by atoms with Gasteiger partial charge in [-0.25, -0.2) is 19.0 Å². The van der Waals surface area contributed by atoms with Gasteiger partial charge in [-0.05, 0) is 56.7 Å². The Labute approximate surface area is 285 Å². The Kier molecular flexibility index (Phi) is 11.1. The predicted octanol–water partition coefficient (Wildman–Crippen LogP) is 4.48. The van der Waals surface area contributed by atoms with Crippen LogP contribution in [0.15, 0.2) is 81.7 Å². The third-order valence-electron chi connectivity index (χ3n) is 7.52. The maximum absolute atomic E-state index is 14.4. The summed E-state index contributed by atoms with van der Waals surface area (Å²) in [7, 11) is 2.75. The summed E-state index contributed by atoms with van der Waals surface area (Å²) >= 11 is 1.13. The monoisotopic (exact) mass is 690 g/mol. The van der Waals surface area contributed by atoms with Crippen LogP contribution >= 0.6 is 11.3 Å². The van der Waals surface area contributed by atoms with Crippen molar-refractivity contribution in [1.82, 2.24) is 4.57 Å². The van der Waals surface area contributed by atoms with Gasteiger partial charge in [-0.15, -0.1) is 0 Å². The highest BCUT2D eigenvalue weighted by Gasteiger charge is 2.34. The van der Waals surface area contributed by atoms with Gasteiger partial charge in [0.15, 0.2) is 34.4 Å². The summed E-state index contributed by atoms with van der Waals surface area (Å²) < 4.78 is 49.3. The van der Waals surface area contributed by atoms with Gasteiger partial charge in [0, 0.05) is 11.1 Å². The first-order chi connectivity index (χ1) is 23.7. The summed E-state index contributed by atoms with van der Waals surface area (Å²) in [4.78, 5) is 44.4. The third kappa shape index (κ3) is 7.51. The largest absolute Gasteiger partial charge is 0.493 e. The molecule has 0 bridgehead atoms. The SMILES string of the molecule is CCOC(=O)C1=C(C)N=c2s/c(=C/c3cccc(OC)c3OCc3ccccc3F)c(=O)n2[C@H]1c1ccc(OCC(=O)OC)c(OCC)c1. The van der Waals surface area contributed by atoms with Gasteiger partial charge in [-0.3, -0.25) is 9.36 Å². The van der Waals surface area contributed by atoms with E-state index in [-0.39, 0.29) is 37.8 Å².